The van der Waals surface area contributed by atoms with Crippen molar-refractivity contribution in [1.82, 2.24) is 15.0 Å². The predicted octanol–water partition coefficient (Wildman–Crippen LogP) is 2.42. The standard InChI is InChI=1S/C13H13N3O3S/c1-18-5-6-19-11-10(17)9-13(16-11)20-12(15-9)8-3-2-4-14-7-8/h2-4,7,16-17H,5-6H2,1H3. The second-order valence-corrected chi connectivity index (χ2v) is 5.08. The Balaban J connectivity index is 1.90. The number of hydrogen-bond donors (Lipinski definition) is 2. The Morgan fingerprint density at radius 3 is 3.00 bits per heavy atom. The topological polar surface area (TPSA) is 80.3 Å². The normalized spacial score (nSPS) is 11.1. The van der Waals surface area contributed by atoms with Gasteiger partial charge in [0.1, 0.15) is 22.0 Å². The minimum absolute atomic E-state index is 0.0301. The van der Waals surface area contributed by atoms with Crippen LogP contribution in [0.15, 0.2) is 24.5 Å². The second kappa shape index (κ2) is 5.48. The number of methoxy groups -OCH3 is 1. The van der Waals surface area contributed by atoms with Crippen LogP contribution in [-0.4, -0.2) is 40.4 Å². The van der Waals surface area contributed by atoms with E-state index in [1.807, 2.05) is 12.1 Å². The molecule has 0 unspecified atom stereocenters. The lowest BCUT2D eigenvalue weighted by molar-refractivity contribution is 0.142. The molecular formula is C13H13N3O3S. The first-order valence-corrected chi connectivity index (χ1v) is 6.85. The molecule has 2 N–H and O–H groups in total. The monoisotopic (exact) mass is 291 g/mol. The molecule has 3 aromatic heterocycles. The summed E-state index contributed by atoms with van der Waals surface area (Å²) >= 11 is 1.45. The first kappa shape index (κ1) is 12.9. The zero-order valence-electron chi connectivity index (χ0n) is 10.8. The van der Waals surface area contributed by atoms with Crippen molar-refractivity contribution < 1.29 is 14.6 Å². The summed E-state index contributed by atoms with van der Waals surface area (Å²) in [5.41, 5.74) is 1.43. The van der Waals surface area contributed by atoms with Gasteiger partial charge < -0.3 is 19.6 Å². The van der Waals surface area contributed by atoms with Crippen molar-refractivity contribution in [2.24, 2.45) is 0 Å². The van der Waals surface area contributed by atoms with Gasteiger partial charge in [0, 0.05) is 25.1 Å². The maximum Gasteiger partial charge on any atom is 0.237 e. The summed E-state index contributed by atoms with van der Waals surface area (Å²) in [4.78, 5) is 12.3. The maximum absolute atomic E-state index is 10.1. The summed E-state index contributed by atoms with van der Waals surface area (Å²) < 4.78 is 10.3. The molecule has 20 heavy (non-hydrogen) atoms. The lowest BCUT2D eigenvalue weighted by Crippen LogP contribution is -2.04. The number of H-pyrrole nitrogens is 1. The largest absolute Gasteiger partial charge is 0.502 e. The van der Waals surface area contributed by atoms with Crippen LogP contribution in [0.3, 0.4) is 0 Å². The van der Waals surface area contributed by atoms with E-state index in [2.05, 4.69) is 15.0 Å². The van der Waals surface area contributed by atoms with Gasteiger partial charge in [-0.05, 0) is 12.1 Å². The third-order valence-corrected chi connectivity index (χ3v) is 3.76. The van der Waals surface area contributed by atoms with E-state index in [9.17, 15) is 5.11 Å². The van der Waals surface area contributed by atoms with Crippen LogP contribution >= 0.6 is 11.3 Å². The molecule has 0 bridgehead atoms. The van der Waals surface area contributed by atoms with Crippen LogP contribution < -0.4 is 4.74 Å². The van der Waals surface area contributed by atoms with Gasteiger partial charge in [-0.3, -0.25) is 4.98 Å². The highest BCUT2D eigenvalue weighted by Gasteiger charge is 2.17. The number of aromatic nitrogens is 3. The zero-order valence-corrected chi connectivity index (χ0v) is 11.6. The predicted molar refractivity (Wildman–Crippen MR) is 76.2 cm³/mol. The van der Waals surface area contributed by atoms with Crippen molar-refractivity contribution >= 4 is 21.7 Å². The minimum atomic E-state index is 0.0301. The van der Waals surface area contributed by atoms with E-state index in [0.717, 1.165) is 15.4 Å². The Bertz CT molecular complexity index is 708. The van der Waals surface area contributed by atoms with E-state index in [-0.39, 0.29) is 5.75 Å². The smallest absolute Gasteiger partial charge is 0.237 e. The fourth-order valence-corrected chi connectivity index (χ4v) is 2.73. The number of ether oxygens (including phenoxy) is 2. The lowest BCUT2D eigenvalue weighted by Gasteiger charge is -2.02. The second-order valence-electron chi connectivity index (χ2n) is 4.08. The minimum Gasteiger partial charge on any atom is -0.502 e. The molecule has 3 rings (SSSR count). The van der Waals surface area contributed by atoms with Gasteiger partial charge in [0.25, 0.3) is 0 Å². The van der Waals surface area contributed by atoms with Crippen LogP contribution in [0.1, 0.15) is 0 Å². The van der Waals surface area contributed by atoms with E-state index in [4.69, 9.17) is 9.47 Å². The lowest BCUT2D eigenvalue weighted by atomic mass is 10.3. The number of aromatic amines is 1. The molecule has 0 atom stereocenters. The first-order chi connectivity index (χ1) is 9.79. The maximum atomic E-state index is 10.1. The number of hydrogen-bond acceptors (Lipinski definition) is 6. The van der Waals surface area contributed by atoms with Gasteiger partial charge in [-0.2, -0.15) is 0 Å². The van der Waals surface area contributed by atoms with Gasteiger partial charge in [0.2, 0.25) is 11.6 Å². The van der Waals surface area contributed by atoms with Gasteiger partial charge in [-0.15, -0.1) is 0 Å². The first-order valence-electron chi connectivity index (χ1n) is 6.03. The SMILES string of the molecule is COCCOc1[nH]c2sc(-c3cccnc3)nc2c1O. The Morgan fingerprint density at radius 2 is 2.30 bits per heavy atom. The average Bonchev–Trinajstić information content (AvgIpc) is 3.01. The molecule has 6 nitrogen and oxygen atoms in total. The summed E-state index contributed by atoms with van der Waals surface area (Å²) in [5, 5.41) is 10.9. The molecule has 0 fully saturated rings. The Kier molecular flexibility index (Phi) is 3.53. The number of aromatic hydroxyl groups is 1. The highest BCUT2D eigenvalue weighted by Crippen LogP contribution is 2.39. The molecule has 0 aliphatic heterocycles. The fourth-order valence-electron chi connectivity index (χ4n) is 1.78. The van der Waals surface area contributed by atoms with Crippen molar-refractivity contribution in [2.45, 2.75) is 0 Å². The molecule has 0 aromatic carbocycles. The number of nitrogens with one attached hydrogen (secondary N) is 1. The Labute approximate surface area is 119 Å². The van der Waals surface area contributed by atoms with Crippen LogP contribution in [0, 0.1) is 0 Å². The van der Waals surface area contributed by atoms with Crippen molar-refractivity contribution in [3.8, 4) is 22.2 Å². The number of fused-ring (bicyclic) bond motifs is 1. The van der Waals surface area contributed by atoms with Crippen LogP contribution in [-0.2, 0) is 4.74 Å². The number of thiazole rings is 1. The molecule has 0 aliphatic rings. The third kappa shape index (κ3) is 2.33. The molecule has 3 aromatic rings. The molecule has 0 aliphatic carbocycles. The molecule has 104 valence electrons. The number of rotatable bonds is 5. The highest BCUT2D eigenvalue weighted by atomic mass is 32.1. The van der Waals surface area contributed by atoms with Crippen molar-refractivity contribution in [1.29, 1.82) is 0 Å². The van der Waals surface area contributed by atoms with Gasteiger partial charge in [-0.25, -0.2) is 4.98 Å². The van der Waals surface area contributed by atoms with Gasteiger partial charge in [0.05, 0.1) is 6.61 Å². The summed E-state index contributed by atoms with van der Waals surface area (Å²) in [6, 6.07) is 3.78. The molecule has 0 saturated carbocycles. The van der Waals surface area contributed by atoms with Crippen molar-refractivity contribution in [3.05, 3.63) is 24.5 Å². The molecule has 0 spiro atoms. The summed E-state index contributed by atoms with van der Waals surface area (Å²) in [6.45, 7) is 0.827. The van der Waals surface area contributed by atoms with Gasteiger partial charge >= 0.3 is 0 Å². The van der Waals surface area contributed by atoms with Crippen LogP contribution in [0.25, 0.3) is 20.9 Å². The number of nitrogens with zero attached hydrogens (tertiary/aromatic N) is 2. The van der Waals surface area contributed by atoms with E-state index in [0.29, 0.717) is 24.6 Å². The third-order valence-electron chi connectivity index (χ3n) is 2.74. The van der Waals surface area contributed by atoms with Gasteiger partial charge in [0.15, 0.2) is 0 Å². The zero-order chi connectivity index (χ0) is 13.9. The van der Waals surface area contributed by atoms with Crippen LogP contribution in [0.4, 0.5) is 0 Å². The molecule has 7 heteroatoms. The molecule has 0 saturated heterocycles. The molecule has 0 amide bonds. The molecular weight excluding hydrogens is 278 g/mol. The van der Waals surface area contributed by atoms with E-state index >= 15 is 0 Å². The quantitative estimate of drug-likeness (QED) is 0.706. The number of pyridine rings is 1. The van der Waals surface area contributed by atoms with Crippen LogP contribution in [0.2, 0.25) is 0 Å². The van der Waals surface area contributed by atoms with E-state index in [1.54, 1.807) is 19.5 Å². The van der Waals surface area contributed by atoms with Gasteiger partial charge in [-0.1, -0.05) is 11.3 Å². The average molecular weight is 291 g/mol. The van der Waals surface area contributed by atoms with Crippen LogP contribution in [0.5, 0.6) is 11.6 Å². The summed E-state index contributed by atoms with van der Waals surface area (Å²) in [7, 11) is 1.60. The van der Waals surface area contributed by atoms with Crippen molar-refractivity contribution in [3.63, 3.8) is 0 Å². The van der Waals surface area contributed by atoms with Crippen molar-refractivity contribution in [2.75, 3.05) is 20.3 Å². The van der Waals surface area contributed by atoms with E-state index < -0.39 is 0 Å². The highest BCUT2D eigenvalue weighted by molar-refractivity contribution is 7.21. The molecule has 0 radical (unpaired) electrons. The Morgan fingerprint density at radius 1 is 1.40 bits per heavy atom. The molecule has 3 heterocycles. The Hall–Kier alpha value is -2.12. The van der Waals surface area contributed by atoms with E-state index in [1.165, 1.54) is 11.3 Å². The fraction of sp³-hybridized carbons (Fsp3) is 0.231. The summed E-state index contributed by atoms with van der Waals surface area (Å²) in [6.07, 6.45) is 3.45. The summed E-state index contributed by atoms with van der Waals surface area (Å²) in [5.74, 6) is 0.357.